The smallest absolute Gasteiger partial charge is 0.306 e. The molecular formula is C65H112O6. The van der Waals surface area contributed by atoms with E-state index in [-0.39, 0.29) is 31.1 Å². The summed E-state index contributed by atoms with van der Waals surface area (Å²) in [7, 11) is 0. The van der Waals surface area contributed by atoms with E-state index >= 15 is 0 Å². The van der Waals surface area contributed by atoms with Gasteiger partial charge in [-0.05, 0) is 77.0 Å². The summed E-state index contributed by atoms with van der Waals surface area (Å²) in [4.78, 5) is 37.9. The molecule has 0 aliphatic heterocycles. The van der Waals surface area contributed by atoms with Gasteiger partial charge in [0.05, 0.1) is 0 Å². The fourth-order valence-corrected chi connectivity index (χ4v) is 8.42. The molecule has 0 fully saturated rings. The van der Waals surface area contributed by atoms with E-state index in [1.54, 1.807) is 0 Å². The van der Waals surface area contributed by atoms with E-state index in [2.05, 4.69) is 106 Å². The van der Waals surface area contributed by atoms with Crippen molar-refractivity contribution in [1.82, 2.24) is 0 Å². The third-order valence-electron chi connectivity index (χ3n) is 12.9. The van der Waals surface area contributed by atoms with E-state index in [0.717, 1.165) is 103 Å². The molecule has 6 heteroatoms. The van der Waals surface area contributed by atoms with Crippen LogP contribution in [0.4, 0.5) is 0 Å². The SMILES string of the molecule is CC/C=C\C/C=C\C/C=C\C/C=C\C/C=C\C/C=C\C/C=C\CCCCCCCCCCCCCC(=O)OCC(COC(=O)CCCCCCCCC)OC(=O)CCCCCCCCCCCCCCC. The first-order chi connectivity index (χ1) is 35.0. The minimum absolute atomic E-state index is 0.0728. The lowest BCUT2D eigenvalue weighted by atomic mass is 10.0. The van der Waals surface area contributed by atoms with Gasteiger partial charge >= 0.3 is 17.9 Å². The lowest BCUT2D eigenvalue weighted by Gasteiger charge is -2.18. The van der Waals surface area contributed by atoms with Gasteiger partial charge in [-0.25, -0.2) is 0 Å². The van der Waals surface area contributed by atoms with Gasteiger partial charge in [0.15, 0.2) is 6.10 Å². The molecule has 0 aliphatic rings. The minimum Gasteiger partial charge on any atom is -0.462 e. The summed E-state index contributed by atoms with van der Waals surface area (Å²) in [6.45, 7) is 6.49. The van der Waals surface area contributed by atoms with E-state index in [4.69, 9.17) is 14.2 Å². The highest BCUT2D eigenvalue weighted by molar-refractivity contribution is 5.71. The second-order valence-corrected chi connectivity index (χ2v) is 19.9. The third kappa shape index (κ3) is 57.4. The lowest BCUT2D eigenvalue weighted by molar-refractivity contribution is -0.167. The Morgan fingerprint density at radius 3 is 0.859 bits per heavy atom. The van der Waals surface area contributed by atoms with Crippen molar-refractivity contribution in [2.45, 2.75) is 297 Å². The predicted octanol–water partition coefficient (Wildman–Crippen LogP) is 20.3. The largest absolute Gasteiger partial charge is 0.462 e. The number of rotatable bonds is 54. The maximum atomic E-state index is 12.8. The van der Waals surface area contributed by atoms with Gasteiger partial charge in [-0.2, -0.15) is 0 Å². The molecule has 0 bridgehead atoms. The average molecular weight is 990 g/mol. The minimum atomic E-state index is -0.770. The normalized spacial score (nSPS) is 12.7. The molecule has 0 radical (unpaired) electrons. The zero-order valence-electron chi connectivity index (χ0n) is 46.7. The Bertz CT molecular complexity index is 1370. The molecule has 0 aromatic carbocycles. The van der Waals surface area contributed by atoms with Gasteiger partial charge in [-0.1, -0.05) is 279 Å². The van der Waals surface area contributed by atoms with Crippen LogP contribution in [0.15, 0.2) is 85.1 Å². The van der Waals surface area contributed by atoms with Crippen LogP contribution < -0.4 is 0 Å². The Kier molecular flexibility index (Phi) is 56.3. The molecule has 0 aromatic rings. The number of hydrogen-bond donors (Lipinski definition) is 0. The number of allylic oxidation sites excluding steroid dienone is 14. The van der Waals surface area contributed by atoms with Crippen molar-refractivity contribution in [1.29, 1.82) is 0 Å². The lowest BCUT2D eigenvalue weighted by Crippen LogP contribution is -2.30. The Morgan fingerprint density at radius 1 is 0.296 bits per heavy atom. The number of carbonyl (C=O) groups is 3. The number of hydrogen-bond acceptors (Lipinski definition) is 6. The molecule has 0 rings (SSSR count). The van der Waals surface area contributed by atoms with Gasteiger partial charge in [0.25, 0.3) is 0 Å². The fraction of sp³-hybridized carbons (Fsp3) is 0.738. The van der Waals surface area contributed by atoms with E-state index < -0.39 is 6.10 Å². The van der Waals surface area contributed by atoms with E-state index in [1.807, 2.05) is 0 Å². The molecular weight excluding hydrogens is 877 g/mol. The monoisotopic (exact) mass is 989 g/mol. The molecule has 6 nitrogen and oxygen atoms in total. The predicted molar refractivity (Wildman–Crippen MR) is 307 cm³/mol. The van der Waals surface area contributed by atoms with Gasteiger partial charge in [-0.15, -0.1) is 0 Å². The van der Waals surface area contributed by atoms with Crippen molar-refractivity contribution in [3.05, 3.63) is 85.1 Å². The fourth-order valence-electron chi connectivity index (χ4n) is 8.42. The van der Waals surface area contributed by atoms with Crippen LogP contribution in [0.25, 0.3) is 0 Å². The molecule has 0 aliphatic carbocycles. The summed E-state index contributed by atoms with van der Waals surface area (Å²) < 4.78 is 16.8. The summed E-state index contributed by atoms with van der Waals surface area (Å²) in [6.07, 6.45) is 77.5. The quantitative estimate of drug-likeness (QED) is 0.0261. The second-order valence-electron chi connectivity index (χ2n) is 19.9. The molecule has 0 amide bonds. The molecule has 0 saturated heterocycles. The highest BCUT2D eigenvalue weighted by atomic mass is 16.6. The molecule has 408 valence electrons. The maximum absolute atomic E-state index is 12.8. The van der Waals surface area contributed by atoms with Gasteiger partial charge in [0, 0.05) is 19.3 Å². The third-order valence-corrected chi connectivity index (χ3v) is 12.9. The zero-order chi connectivity index (χ0) is 51.4. The van der Waals surface area contributed by atoms with E-state index in [1.165, 1.54) is 148 Å². The van der Waals surface area contributed by atoms with Crippen molar-refractivity contribution in [2.24, 2.45) is 0 Å². The van der Waals surface area contributed by atoms with E-state index in [9.17, 15) is 14.4 Å². The van der Waals surface area contributed by atoms with Gasteiger partial charge in [0.2, 0.25) is 0 Å². The average Bonchev–Trinajstić information content (AvgIpc) is 3.37. The van der Waals surface area contributed by atoms with Crippen molar-refractivity contribution < 1.29 is 28.6 Å². The van der Waals surface area contributed by atoms with Crippen LogP contribution in [0.1, 0.15) is 290 Å². The standard InChI is InChI=1S/C65H112O6/c1-4-7-10-13-16-18-20-22-23-24-25-26-27-28-29-30-31-32-33-34-35-36-37-38-39-40-41-43-44-46-49-52-55-58-64(67)70-61-62(60-69-63(66)57-54-51-48-15-12-9-6-3)71-65(68)59-56-53-50-47-45-42-21-19-17-14-11-8-5-2/h7,10,16,18,22-23,25-26,28-29,31-32,34-35,62H,4-6,8-9,11-15,17,19-21,24,27,30,33,36-61H2,1-3H3/b10-7-,18-16-,23-22-,26-25-,29-28-,32-31-,35-34-. The van der Waals surface area contributed by atoms with Crippen LogP contribution in [-0.2, 0) is 28.6 Å². The molecule has 0 saturated carbocycles. The second kappa shape index (κ2) is 59.2. The molecule has 71 heavy (non-hydrogen) atoms. The first-order valence-corrected chi connectivity index (χ1v) is 30.1. The van der Waals surface area contributed by atoms with Gasteiger partial charge < -0.3 is 14.2 Å². The van der Waals surface area contributed by atoms with Crippen LogP contribution in [0.3, 0.4) is 0 Å². The molecule has 0 spiro atoms. The summed E-state index contributed by atoms with van der Waals surface area (Å²) in [5.74, 6) is -0.874. The first-order valence-electron chi connectivity index (χ1n) is 30.1. The highest BCUT2D eigenvalue weighted by Crippen LogP contribution is 2.16. The van der Waals surface area contributed by atoms with Crippen LogP contribution in [0, 0.1) is 0 Å². The van der Waals surface area contributed by atoms with Crippen LogP contribution in [0.2, 0.25) is 0 Å². The van der Waals surface area contributed by atoms with Crippen LogP contribution in [0.5, 0.6) is 0 Å². The molecule has 0 N–H and O–H groups in total. The zero-order valence-corrected chi connectivity index (χ0v) is 46.7. The number of unbranched alkanes of at least 4 members (excludes halogenated alkanes) is 29. The summed E-state index contributed by atoms with van der Waals surface area (Å²) in [6, 6.07) is 0. The van der Waals surface area contributed by atoms with Gasteiger partial charge in [-0.3, -0.25) is 14.4 Å². The van der Waals surface area contributed by atoms with Crippen molar-refractivity contribution in [2.75, 3.05) is 13.2 Å². The molecule has 0 heterocycles. The Hall–Kier alpha value is -3.41. The molecule has 1 unspecified atom stereocenters. The van der Waals surface area contributed by atoms with Crippen LogP contribution >= 0.6 is 0 Å². The highest BCUT2D eigenvalue weighted by Gasteiger charge is 2.19. The number of ether oxygens (including phenoxy) is 3. The Balaban J connectivity index is 4.05. The Morgan fingerprint density at radius 2 is 0.549 bits per heavy atom. The summed E-state index contributed by atoms with van der Waals surface area (Å²) >= 11 is 0. The topological polar surface area (TPSA) is 78.9 Å². The molecule has 0 aromatic heterocycles. The number of esters is 3. The number of carbonyl (C=O) groups excluding carboxylic acids is 3. The van der Waals surface area contributed by atoms with Crippen molar-refractivity contribution in [3.63, 3.8) is 0 Å². The summed E-state index contributed by atoms with van der Waals surface area (Å²) in [5, 5.41) is 0. The van der Waals surface area contributed by atoms with Crippen molar-refractivity contribution in [3.8, 4) is 0 Å². The molecule has 1 atom stereocenters. The van der Waals surface area contributed by atoms with Gasteiger partial charge in [0.1, 0.15) is 13.2 Å². The summed E-state index contributed by atoms with van der Waals surface area (Å²) in [5.41, 5.74) is 0. The maximum Gasteiger partial charge on any atom is 0.306 e. The Labute approximate surface area is 439 Å². The van der Waals surface area contributed by atoms with Crippen molar-refractivity contribution >= 4 is 17.9 Å². The first kappa shape index (κ1) is 67.6. The van der Waals surface area contributed by atoms with E-state index in [0.29, 0.717) is 19.3 Å². The van der Waals surface area contributed by atoms with Crippen LogP contribution in [-0.4, -0.2) is 37.2 Å².